The molecule has 0 bridgehead atoms. The molecule has 0 aromatic rings. The Bertz CT molecular complexity index is 470. The standard InChI is InChI=1S/C16H27NO6/c1-15(2,3)23-14(19)10-7-9(13(18)20-6)12(17-10)11-8-21-16(4,5)22-11/h9-12,17H,7-8H2,1-6H3/t9-,10-,11+,12+/m0/s1. The Morgan fingerprint density at radius 2 is 1.87 bits per heavy atom. The summed E-state index contributed by atoms with van der Waals surface area (Å²) < 4.78 is 21.7. The van der Waals surface area contributed by atoms with Gasteiger partial charge in [0.05, 0.1) is 19.6 Å². The fourth-order valence-corrected chi connectivity index (χ4v) is 3.01. The van der Waals surface area contributed by atoms with Gasteiger partial charge in [0, 0.05) is 6.04 Å². The Hall–Kier alpha value is -1.18. The fraction of sp³-hybridized carbons (Fsp3) is 0.875. The van der Waals surface area contributed by atoms with Gasteiger partial charge in [-0.2, -0.15) is 0 Å². The van der Waals surface area contributed by atoms with Crippen molar-refractivity contribution in [3.05, 3.63) is 0 Å². The molecule has 7 heteroatoms. The fourth-order valence-electron chi connectivity index (χ4n) is 3.01. The van der Waals surface area contributed by atoms with E-state index in [0.29, 0.717) is 13.0 Å². The van der Waals surface area contributed by atoms with E-state index in [1.54, 1.807) is 0 Å². The summed E-state index contributed by atoms with van der Waals surface area (Å²) in [7, 11) is 1.34. The highest BCUT2D eigenvalue weighted by Gasteiger charge is 2.50. The lowest BCUT2D eigenvalue weighted by Gasteiger charge is -2.25. The molecule has 2 heterocycles. The Balaban J connectivity index is 2.10. The quantitative estimate of drug-likeness (QED) is 0.773. The minimum absolute atomic E-state index is 0.318. The normalized spacial score (nSPS) is 33.5. The van der Waals surface area contributed by atoms with E-state index < -0.39 is 23.3 Å². The van der Waals surface area contributed by atoms with Gasteiger partial charge in [0.15, 0.2) is 5.79 Å². The highest BCUT2D eigenvalue weighted by Crippen LogP contribution is 2.33. The minimum Gasteiger partial charge on any atom is -0.469 e. The highest BCUT2D eigenvalue weighted by atomic mass is 16.7. The second-order valence-corrected chi connectivity index (χ2v) is 7.51. The Kier molecular flexibility index (Phi) is 5.03. The number of carbonyl (C=O) groups excluding carboxylic acids is 2. The monoisotopic (exact) mass is 329 g/mol. The average molecular weight is 329 g/mol. The van der Waals surface area contributed by atoms with Gasteiger partial charge in [0.1, 0.15) is 17.7 Å². The van der Waals surface area contributed by atoms with Gasteiger partial charge in [-0.15, -0.1) is 0 Å². The van der Waals surface area contributed by atoms with Gasteiger partial charge >= 0.3 is 11.9 Å². The summed E-state index contributed by atoms with van der Waals surface area (Å²) in [5.41, 5.74) is -0.577. The molecule has 0 saturated carbocycles. The number of hydrogen-bond acceptors (Lipinski definition) is 7. The molecule has 2 aliphatic rings. The van der Waals surface area contributed by atoms with E-state index >= 15 is 0 Å². The van der Waals surface area contributed by atoms with Crippen LogP contribution < -0.4 is 5.32 Å². The molecule has 23 heavy (non-hydrogen) atoms. The molecule has 0 unspecified atom stereocenters. The number of nitrogens with one attached hydrogen (secondary N) is 1. The molecule has 0 radical (unpaired) electrons. The van der Waals surface area contributed by atoms with Crippen LogP contribution in [0, 0.1) is 5.92 Å². The summed E-state index contributed by atoms with van der Waals surface area (Å²) in [5, 5.41) is 3.18. The summed E-state index contributed by atoms with van der Waals surface area (Å²) in [4.78, 5) is 24.4. The van der Waals surface area contributed by atoms with Crippen molar-refractivity contribution in [3.8, 4) is 0 Å². The lowest BCUT2D eigenvalue weighted by atomic mass is 9.95. The van der Waals surface area contributed by atoms with Crippen molar-refractivity contribution in [2.75, 3.05) is 13.7 Å². The summed E-state index contributed by atoms with van der Waals surface area (Å²) in [6, 6.07) is -0.905. The SMILES string of the molecule is COC(=O)[C@H]1C[C@@H](C(=O)OC(C)(C)C)N[C@H]1[C@H]1COC(C)(C)O1. The lowest BCUT2D eigenvalue weighted by molar-refractivity contribution is -0.157. The minimum atomic E-state index is -0.697. The van der Waals surface area contributed by atoms with Gasteiger partial charge in [-0.25, -0.2) is 0 Å². The topological polar surface area (TPSA) is 83.1 Å². The van der Waals surface area contributed by atoms with Crippen LogP contribution in [-0.2, 0) is 28.5 Å². The van der Waals surface area contributed by atoms with E-state index in [2.05, 4.69) is 5.32 Å². The lowest BCUT2D eigenvalue weighted by Crippen LogP contribution is -2.47. The van der Waals surface area contributed by atoms with Crippen molar-refractivity contribution < 1.29 is 28.5 Å². The largest absolute Gasteiger partial charge is 0.469 e. The van der Waals surface area contributed by atoms with Crippen molar-refractivity contribution in [3.63, 3.8) is 0 Å². The van der Waals surface area contributed by atoms with E-state index in [1.165, 1.54) is 7.11 Å². The molecule has 2 saturated heterocycles. The van der Waals surface area contributed by atoms with Crippen molar-refractivity contribution in [2.24, 2.45) is 5.92 Å². The summed E-state index contributed by atoms with van der Waals surface area (Å²) in [5.74, 6) is -1.90. The van der Waals surface area contributed by atoms with Gasteiger partial charge in [-0.3, -0.25) is 14.9 Å². The predicted molar refractivity (Wildman–Crippen MR) is 81.6 cm³/mol. The van der Waals surface area contributed by atoms with Gasteiger partial charge in [-0.1, -0.05) is 0 Å². The first-order valence-electron chi connectivity index (χ1n) is 7.91. The van der Waals surface area contributed by atoms with E-state index in [-0.39, 0.29) is 24.1 Å². The molecule has 132 valence electrons. The number of esters is 2. The maximum absolute atomic E-state index is 12.3. The molecule has 0 aromatic carbocycles. The maximum Gasteiger partial charge on any atom is 0.323 e. The number of carbonyl (C=O) groups is 2. The summed E-state index contributed by atoms with van der Waals surface area (Å²) >= 11 is 0. The van der Waals surface area contributed by atoms with Gasteiger partial charge in [-0.05, 0) is 41.0 Å². The Morgan fingerprint density at radius 3 is 2.35 bits per heavy atom. The van der Waals surface area contributed by atoms with Crippen molar-refractivity contribution in [1.29, 1.82) is 0 Å². The zero-order valence-electron chi connectivity index (χ0n) is 14.7. The van der Waals surface area contributed by atoms with E-state index in [1.807, 2.05) is 34.6 Å². The molecular formula is C16H27NO6. The van der Waals surface area contributed by atoms with Gasteiger partial charge in [0.25, 0.3) is 0 Å². The molecule has 2 fully saturated rings. The van der Waals surface area contributed by atoms with Crippen LogP contribution in [0.5, 0.6) is 0 Å². The van der Waals surface area contributed by atoms with Crippen LogP contribution in [-0.4, -0.2) is 55.2 Å². The molecule has 0 aliphatic carbocycles. The first kappa shape index (κ1) is 18.2. The summed E-state index contributed by atoms with van der Waals surface area (Å²) in [6.45, 7) is 9.43. The van der Waals surface area contributed by atoms with Gasteiger partial charge < -0.3 is 18.9 Å². The highest BCUT2D eigenvalue weighted by molar-refractivity contribution is 5.80. The van der Waals surface area contributed by atoms with E-state index in [0.717, 1.165) is 0 Å². The predicted octanol–water partition coefficient (Wildman–Crippen LogP) is 0.999. The van der Waals surface area contributed by atoms with E-state index in [9.17, 15) is 9.59 Å². The molecule has 0 spiro atoms. The first-order valence-corrected chi connectivity index (χ1v) is 7.91. The number of rotatable bonds is 3. The molecule has 2 aliphatic heterocycles. The second kappa shape index (κ2) is 6.37. The van der Waals surface area contributed by atoms with Crippen LogP contribution in [0.3, 0.4) is 0 Å². The average Bonchev–Trinajstić information content (AvgIpc) is 2.99. The third kappa shape index (κ3) is 4.43. The number of methoxy groups -OCH3 is 1. The molecule has 4 atom stereocenters. The Morgan fingerprint density at radius 1 is 1.22 bits per heavy atom. The molecule has 0 amide bonds. The zero-order chi connectivity index (χ0) is 17.4. The van der Waals surface area contributed by atoms with Crippen LogP contribution in [0.1, 0.15) is 41.0 Å². The second-order valence-electron chi connectivity index (χ2n) is 7.51. The van der Waals surface area contributed by atoms with Crippen molar-refractivity contribution >= 4 is 11.9 Å². The molecule has 7 nitrogen and oxygen atoms in total. The Labute approximate surface area is 137 Å². The van der Waals surface area contributed by atoms with Crippen LogP contribution in [0.25, 0.3) is 0 Å². The molecule has 1 N–H and O–H groups in total. The third-order valence-corrected chi connectivity index (χ3v) is 3.94. The summed E-state index contributed by atoms with van der Waals surface area (Å²) in [6.07, 6.45) is 0.00791. The van der Waals surface area contributed by atoms with Crippen molar-refractivity contribution in [2.45, 2.75) is 70.6 Å². The van der Waals surface area contributed by atoms with Crippen LogP contribution in [0.15, 0.2) is 0 Å². The molecule has 0 aromatic heterocycles. The van der Waals surface area contributed by atoms with E-state index in [4.69, 9.17) is 18.9 Å². The molecular weight excluding hydrogens is 302 g/mol. The maximum atomic E-state index is 12.3. The first-order chi connectivity index (χ1) is 10.5. The smallest absolute Gasteiger partial charge is 0.323 e. The zero-order valence-corrected chi connectivity index (χ0v) is 14.7. The number of hydrogen-bond donors (Lipinski definition) is 1. The molecule has 2 rings (SSSR count). The van der Waals surface area contributed by atoms with Gasteiger partial charge in [0.2, 0.25) is 0 Å². The van der Waals surface area contributed by atoms with Crippen molar-refractivity contribution in [1.82, 2.24) is 5.32 Å². The van der Waals surface area contributed by atoms with Crippen LogP contribution >= 0.6 is 0 Å². The van der Waals surface area contributed by atoms with Crippen LogP contribution in [0.4, 0.5) is 0 Å². The number of ether oxygens (including phenoxy) is 4. The third-order valence-electron chi connectivity index (χ3n) is 3.94. The van der Waals surface area contributed by atoms with Crippen LogP contribution in [0.2, 0.25) is 0 Å².